The maximum atomic E-state index is 15.2. The van der Waals surface area contributed by atoms with Crippen molar-refractivity contribution in [3.8, 4) is 5.88 Å². The Bertz CT molecular complexity index is 1290. The molecule has 2 bridgehead atoms. The molecule has 3 aromatic rings. The summed E-state index contributed by atoms with van der Waals surface area (Å²) in [4.78, 5) is 6.93. The summed E-state index contributed by atoms with van der Waals surface area (Å²) in [7, 11) is 1.56. The number of alkyl halides is 2. The molecule has 5 rings (SSSR count). The Labute approximate surface area is 206 Å². The number of aliphatic hydroxyl groups is 1. The van der Waals surface area contributed by atoms with Crippen LogP contribution in [-0.2, 0) is 10.7 Å². The third-order valence-corrected chi connectivity index (χ3v) is 7.02. The van der Waals surface area contributed by atoms with Gasteiger partial charge in [-0.2, -0.15) is 13.9 Å². The smallest absolute Gasteiger partial charge is 0.301 e. The van der Waals surface area contributed by atoms with Gasteiger partial charge in [0.2, 0.25) is 5.88 Å². The number of pyridine rings is 1. The normalized spacial score (nSPS) is 21.2. The monoisotopic (exact) mass is 503 g/mol. The maximum absolute atomic E-state index is 15.2. The Morgan fingerprint density at radius 2 is 1.94 bits per heavy atom. The minimum absolute atomic E-state index is 0.0134. The van der Waals surface area contributed by atoms with Crippen molar-refractivity contribution >= 4 is 22.4 Å². The zero-order chi connectivity index (χ0) is 25.8. The number of aliphatic hydroxyl groups excluding tert-OH is 1. The van der Waals surface area contributed by atoms with Gasteiger partial charge in [-0.1, -0.05) is 12.1 Å². The summed E-state index contributed by atoms with van der Waals surface area (Å²) in [5.41, 5.74) is 1.12. The number of nitrogens with one attached hydrogen (secondary N) is 1. The number of methoxy groups -OCH3 is 1. The number of aromatic nitrogens is 3. The van der Waals surface area contributed by atoms with Crippen LogP contribution in [0.5, 0.6) is 5.88 Å². The molecule has 2 aliphatic rings. The molecule has 36 heavy (non-hydrogen) atoms. The first-order valence-electron chi connectivity index (χ1n) is 11.8. The van der Waals surface area contributed by atoms with E-state index in [0.29, 0.717) is 41.5 Å². The minimum Gasteiger partial charge on any atom is -0.480 e. The summed E-state index contributed by atoms with van der Waals surface area (Å²) in [6.45, 7) is 5.60. The van der Waals surface area contributed by atoms with Gasteiger partial charge in [-0.05, 0) is 39.3 Å². The number of rotatable bonds is 7. The lowest BCUT2D eigenvalue weighted by Gasteiger charge is -2.53. The number of nitrogens with zero attached hydrogens (tertiary/aromatic N) is 4. The van der Waals surface area contributed by atoms with E-state index in [1.54, 1.807) is 21.0 Å². The molecule has 0 saturated carbocycles. The van der Waals surface area contributed by atoms with Crippen LogP contribution in [0.2, 0.25) is 0 Å². The second-order valence-corrected chi connectivity index (χ2v) is 9.41. The fourth-order valence-corrected chi connectivity index (χ4v) is 4.99. The lowest BCUT2D eigenvalue weighted by molar-refractivity contribution is -0.108. The molecule has 0 radical (unpaired) electrons. The summed E-state index contributed by atoms with van der Waals surface area (Å²) < 4.78 is 55.2. The van der Waals surface area contributed by atoms with Gasteiger partial charge in [0, 0.05) is 10.9 Å². The van der Waals surface area contributed by atoms with Crippen LogP contribution in [0.3, 0.4) is 0 Å². The molecule has 4 heterocycles. The highest BCUT2D eigenvalue weighted by atomic mass is 19.3. The highest BCUT2D eigenvalue weighted by molar-refractivity contribution is 5.94. The number of fused-ring (bicyclic) bond motifs is 3. The first-order valence-corrected chi connectivity index (χ1v) is 11.8. The third-order valence-electron chi connectivity index (χ3n) is 7.02. The largest absolute Gasteiger partial charge is 0.480 e. The molecule has 2 aromatic heterocycles. The topological polar surface area (TPSA) is 92.6 Å². The lowest BCUT2D eigenvalue weighted by Crippen LogP contribution is -2.64. The molecule has 2 saturated heterocycles. The third kappa shape index (κ3) is 3.90. The molecule has 11 heteroatoms. The fraction of sp³-hybridized carbons (Fsp3) is 0.480. The molecule has 0 amide bonds. The highest BCUT2D eigenvalue weighted by Crippen LogP contribution is 2.43. The van der Waals surface area contributed by atoms with Gasteiger partial charge in [-0.15, -0.1) is 5.10 Å². The van der Waals surface area contributed by atoms with Gasteiger partial charge >= 0.3 is 5.92 Å². The molecule has 2 N–H and O–H groups in total. The van der Waals surface area contributed by atoms with Crippen molar-refractivity contribution in [1.82, 2.24) is 15.2 Å². The second-order valence-electron chi connectivity index (χ2n) is 9.41. The standard InChI is InChI=1S/C25H28F3N5O3/c1-12(17-6-5-7-19(21(17)26)25(27,28)14(3)34)29-23-18-9-20(33-15-8-16(33)11-36-10-15)24(35-4)30-22(18)13(2)31-32-23/h5-7,9,12,14-16,34H,8,10-11H2,1-4H3,(H,29,32)/t12-,14?,15?,16?/m1/s1. The summed E-state index contributed by atoms with van der Waals surface area (Å²) in [6.07, 6.45) is -1.01. The summed E-state index contributed by atoms with van der Waals surface area (Å²) in [5, 5.41) is 21.7. The SMILES string of the molecule is COc1nc2c(C)nnc(N[C@H](C)c3cccc(C(F)(F)C(C)O)c3F)c2cc1N1C2COCC1C2. The number of morpholine rings is 1. The molecule has 1 aromatic carbocycles. The van der Waals surface area contributed by atoms with Crippen molar-refractivity contribution < 1.29 is 27.8 Å². The molecule has 2 fully saturated rings. The van der Waals surface area contributed by atoms with Gasteiger partial charge in [0.05, 0.1) is 49.7 Å². The van der Waals surface area contributed by atoms with Crippen LogP contribution in [0, 0.1) is 12.7 Å². The number of aryl methyl sites for hydroxylation is 1. The van der Waals surface area contributed by atoms with Crippen molar-refractivity contribution in [3.63, 3.8) is 0 Å². The van der Waals surface area contributed by atoms with Crippen LogP contribution in [0.4, 0.5) is 24.7 Å². The highest BCUT2D eigenvalue weighted by Gasteiger charge is 2.44. The zero-order valence-corrected chi connectivity index (χ0v) is 20.4. The zero-order valence-electron chi connectivity index (χ0n) is 20.4. The number of benzene rings is 1. The van der Waals surface area contributed by atoms with E-state index in [0.717, 1.165) is 25.1 Å². The number of ether oxygens (including phenoxy) is 2. The van der Waals surface area contributed by atoms with Crippen molar-refractivity contribution in [3.05, 3.63) is 46.9 Å². The van der Waals surface area contributed by atoms with Crippen LogP contribution in [-0.4, -0.2) is 58.8 Å². The fourth-order valence-electron chi connectivity index (χ4n) is 4.99. The second kappa shape index (κ2) is 9.04. The molecule has 2 aliphatic heterocycles. The van der Waals surface area contributed by atoms with Crippen molar-refractivity contribution in [2.24, 2.45) is 0 Å². The molecule has 192 valence electrons. The summed E-state index contributed by atoms with van der Waals surface area (Å²) in [6, 6.07) is 5.40. The van der Waals surface area contributed by atoms with Crippen LogP contribution in [0.1, 0.15) is 43.1 Å². The molecular formula is C25H28F3N5O3. The number of halogens is 3. The Morgan fingerprint density at radius 1 is 1.22 bits per heavy atom. The van der Waals surface area contributed by atoms with Gasteiger partial charge in [0.15, 0.2) is 5.82 Å². The molecular weight excluding hydrogens is 475 g/mol. The summed E-state index contributed by atoms with van der Waals surface area (Å²) in [5.74, 6) is -4.01. The van der Waals surface area contributed by atoms with E-state index in [1.807, 2.05) is 6.07 Å². The quantitative estimate of drug-likeness (QED) is 0.498. The van der Waals surface area contributed by atoms with Gasteiger partial charge < -0.3 is 24.8 Å². The molecule has 4 atom stereocenters. The van der Waals surface area contributed by atoms with Crippen molar-refractivity contribution in [2.75, 3.05) is 30.5 Å². The van der Waals surface area contributed by atoms with Crippen molar-refractivity contribution in [1.29, 1.82) is 0 Å². The van der Waals surface area contributed by atoms with E-state index in [-0.39, 0.29) is 17.6 Å². The lowest BCUT2D eigenvalue weighted by atomic mass is 9.90. The molecule has 3 unspecified atom stereocenters. The molecule has 0 aliphatic carbocycles. The number of anilines is 2. The van der Waals surface area contributed by atoms with Gasteiger partial charge in [0.1, 0.15) is 23.1 Å². The Morgan fingerprint density at radius 3 is 2.58 bits per heavy atom. The van der Waals surface area contributed by atoms with Gasteiger partial charge in [0.25, 0.3) is 0 Å². The van der Waals surface area contributed by atoms with Gasteiger partial charge in [-0.25, -0.2) is 9.37 Å². The Balaban J connectivity index is 1.54. The van der Waals surface area contributed by atoms with E-state index in [2.05, 4.69) is 20.4 Å². The Kier molecular flexibility index (Phi) is 6.16. The van der Waals surface area contributed by atoms with Gasteiger partial charge in [-0.3, -0.25) is 0 Å². The van der Waals surface area contributed by atoms with E-state index >= 15 is 4.39 Å². The average molecular weight is 504 g/mol. The van der Waals surface area contributed by atoms with E-state index < -0.39 is 29.4 Å². The first kappa shape index (κ1) is 24.5. The van der Waals surface area contributed by atoms with Crippen molar-refractivity contribution in [2.45, 2.75) is 57.3 Å². The predicted molar refractivity (Wildman–Crippen MR) is 128 cm³/mol. The first-order chi connectivity index (χ1) is 17.1. The van der Waals surface area contributed by atoms with Crippen LogP contribution in [0.25, 0.3) is 10.9 Å². The predicted octanol–water partition coefficient (Wildman–Crippen LogP) is 4.10. The Hall–Kier alpha value is -3.18. The minimum atomic E-state index is -3.73. The molecule has 0 spiro atoms. The summed E-state index contributed by atoms with van der Waals surface area (Å²) >= 11 is 0. The van der Waals surface area contributed by atoms with E-state index in [4.69, 9.17) is 14.5 Å². The maximum Gasteiger partial charge on any atom is 0.301 e. The van der Waals surface area contributed by atoms with Crippen LogP contribution >= 0.6 is 0 Å². The number of hydrogen-bond acceptors (Lipinski definition) is 8. The average Bonchev–Trinajstić information content (AvgIpc) is 2.85. The number of hydrogen-bond donors (Lipinski definition) is 2. The van der Waals surface area contributed by atoms with E-state index in [9.17, 15) is 13.9 Å². The van der Waals surface area contributed by atoms with E-state index in [1.165, 1.54) is 12.1 Å². The van der Waals surface area contributed by atoms with Crippen LogP contribution in [0.15, 0.2) is 24.3 Å². The van der Waals surface area contributed by atoms with Crippen LogP contribution < -0.4 is 15.0 Å². The molecule has 8 nitrogen and oxygen atoms in total.